The van der Waals surface area contributed by atoms with Crippen LogP contribution >= 0.6 is 0 Å². The van der Waals surface area contributed by atoms with Crippen LogP contribution in [0, 0.1) is 17.8 Å². The third-order valence-corrected chi connectivity index (χ3v) is 6.50. The third-order valence-electron chi connectivity index (χ3n) is 6.50. The largest absolute Gasteiger partial charge is 0.455 e. The standard InChI is InChI=1S/C22H28N2O3/c1-14(19-10-15-7-8-16(19)9-15)23-21(25)13-27-22(26)11-17-12-24(2)20-6-4-3-5-18(17)20/h3-6,12,14-16,19H,7-11,13H2,1-2H3,(H,23,25)/t14-,15+,16+,19-/m1/s1. The van der Waals surface area contributed by atoms with Gasteiger partial charge in [-0.1, -0.05) is 24.6 Å². The fourth-order valence-corrected chi connectivity index (χ4v) is 5.23. The number of nitrogens with one attached hydrogen (secondary N) is 1. The molecule has 1 amide bonds. The van der Waals surface area contributed by atoms with Crippen LogP contribution in [-0.4, -0.2) is 29.1 Å². The first-order valence-electron chi connectivity index (χ1n) is 9.99. The lowest BCUT2D eigenvalue weighted by Gasteiger charge is -2.28. The summed E-state index contributed by atoms with van der Waals surface area (Å²) in [6.07, 6.45) is 7.33. The first-order chi connectivity index (χ1) is 13.0. The average molecular weight is 368 g/mol. The number of benzene rings is 1. The topological polar surface area (TPSA) is 60.3 Å². The van der Waals surface area contributed by atoms with Crippen molar-refractivity contribution in [2.45, 2.75) is 45.1 Å². The van der Waals surface area contributed by atoms with Crippen LogP contribution in [0.5, 0.6) is 0 Å². The molecule has 2 aromatic rings. The number of fused-ring (bicyclic) bond motifs is 3. The number of carbonyl (C=O) groups is 2. The van der Waals surface area contributed by atoms with Gasteiger partial charge in [0, 0.05) is 30.2 Å². The van der Waals surface area contributed by atoms with E-state index in [4.69, 9.17) is 4.74 Å². The monoisotopic (exact) mass is 368 g/mol. The molecular weight excluding hydrogens is 340 g/mol. The molecule has 2 fully saturated rings. The molecule has 1 aromatic carbocycles. The number of aryl methyl sites for hydroxylation is 1. The number of hydrogen-bond donors (Lipinski definition) is 1. The molecule has 5 heteroatoms. The Labute approximate surface area is 160 Å². The highest BCUT2D eigenvalue weighted by atomic mass is 16.5. The fraction of sp³-hybridized carbons (Fsp3) is 0.545. The summed E-state index contributed by atoms with van der Waals surface area (Å²) >= 11 is 0. The lowest BCUT2D eigenvalue weighted by molar-refractivity contribution is -0.148. The lowest BCUT2D eigenvalue weighted by Crippen LogP contribution is -2.42. The number of nitrogens with zero attached hydrogens (tertiary/aromatic N) is 1. The molecule has 0 unspecified atom stereocenters. The molecule has 2 saturated carbocycles. The average Bonchev–Trinajstić information content (AvgIpc) is 3.36. The van der Waals surface area contributed by atoms with Crippen molar-refractivity contribution in [3.8, 4) is 0 Å². The normalized spacial score (nSPS) is 24.9. The van der Waals surface area contributed by atoms with E-state index in [0.29, 0.717) is 5.92 Å². The van der Waals surface area contributed by atoms with Gasteiger partial charge in [0.2, 0.25) is 0 Å². The first-order valence-corrected chi connectivity index (χ1v) is 9.99. The summed E-state index contributed by atoms with van der Waals surface area (Å²) in [6, 6.07) is 8.12. The Kier molecular flexibility index (Phi) is 4.94. The van der Waals surface area contributed by atoms with Crippen molar-refractivity contribution in [2.75, 3.05) is 6.61 Å². The molecule has 144 valence electrons. The van der Waals surface area contributed by atoms with Crippen LogP contribution in [0.1, 0.15) is 38.2 Å². The summed E-state index contributed by atoms with van der Waals surface area (Å²) in [4.78, 5) is 24.4. The molecule has 1 heterocycles. The van der Waals surface area contributed by atoms with Gasteiger partial charge in [0.15, 0.2) is 6.61 Å². The summed E-state index contributed by atoms with van der Waals surface area (Å²) in [5.74, 6) is 1.64. The van der Waals surface area contributed by atoms with E-state index >= 15 is 0 Å². The Balaban J connectivity index is 1.27. The van der Waals surface area contributed by atoms with E-state index in [1.165, 1.54) is 25.7 Å². The number of esters is 1. The van der Waals surface area contributed by atoms with Gasteiger partial charge in [-0.2, -0.15) is 0 Å². The van der Waals surface area contributed by atoms with E-state index in [0.717, 1.165) is 28.3 Å². The number of amides is 1. The van der Waals surface area contributed by atoms with E-state index in [-0.39, 0.29) is 30.9 Å². The van der Waals surface area contributed by atoms with E-state index in [2.05, 4.69) is 12.2 Å². The number of carbonyl (C=O) groups excluding carboxylic acids is 2. The quantitative estimate of drug-likeness (QED) is 0.797. The Bertz CT molecular complexity index is 856. The van der Waals surface area contributed by atoms with Crippen molar-refractivity contribution in [3.05, 3.63) is 36.0 Å². The zero-order valence-corrected chi connectivity index (χ0v) is 16.1. The minimum Gasteiger partial charge on any atom is -0.455 e. The molecule has 4 atom stereocenters. The molecule has 2 aliphatic carbocycles. The summed E-state index contributed by atoms with van der Waals surface area (Å²) in [5, 5.41) is 4.09. The smallest absolute Gasteiger partial charge is 0.310 e. The van der Waals surface area contributed by atoms with Gasteiger partial charge in [-0.05, 0) is 55.6 Å². The molecule has 0 aliphatic heterocycles. The molecule has 5 nitrogen and oxygen atoms in total. The van der Waals surface area contributed by atoms with Crippen molar-refractivity contribution >= 4 is 22.8 Å². The van der Waals surface area contributed by atoms with Crippen molar-refractivity contribution < 1.29 is 14.3 Å². The van der Waals surface area contributed by atoms with Crippen molar-refractivity contribution in [3.63, 3.8) is 0 Å². The van der Waals surface area contributed by atoms with Crippen LogP contribution in [0.3, 0.4) is 0 Å². The summed E-state index contributed by atoms with van der Waals surface area (Å²) in [6.45, 7) is 1.88. The fourth-order valence-electron chi connectivity index (χ4n) is 5.23. The van der Waals surface area contributed by atoms with Gasteiger partial charge in [-0.3, -0.25) is 9.59 Å². The Morgan fingerprint density at radius 1 is 1.26 bits per heavy atom. The maximum absolute atomic E-state index is 12.2. The van der Waals surface area contributed by atoms with E-state index in [1.807, 2.05) is 42.1 Å². The summed E-state index contributed by atoms with van der Waals surface area (Å²) in [5.41, 5.74) is 2.01. The molecular formula is C22H28N2O3. The highest BCUT2D eigenvalue weighted by Crippen LogP contribution is 2.49. The van der Waals surface area contributed by atoms with Crippen LogP contribution in [0.25, 0.3) is 10.9 Å². The van der Waals surface area contributed by atoms with Gasteiger partial charge in [0.05, 0.1) is 6.42 Å². The minimum atomic E-state index is -0.367. The molecule has 4 rings (SSSR count). The molecule has 1 aromatic heterocycles. The summed E-state index contributed by atoms with van der Waals surface area (Å²) < 4.78 is 7.23. The number of para-hydroxylation sites is 1. The maximum atomic E-state index is 12.2. The molecule has 0 spiro atoms. The number of ether oxygens (including phenoxy) is 1. The van der Waals surface area contributed by atoms with E-state index in [1.54, 1.807) is 0 Å². The Morgan fingerprint density at radius 2 is 2.07 bits per heavy atom. The van der Waals surface area contributed by atoms with E-state index in [9.17, 15) is 9.59 Å². The number of aromatic nitrogens is 1. The molecule has 0 radical (unpaired) electrons. The lowest BCUT2D eigenvalue weighted by atomic mass is 9.84. The SMILES string of the molecule is C[C@@H](NC(=O)COC(=O)Cc1cn(C)c2ccccc12)[C@H]1C[C@H]2CC[C@H]1C2. The molecule has 2 aliphatic rings. The van der Waals surface area contributed by atoms with Crippen LogP contribution in [0.2, 0.25) is 0 Å². The van der Waals surface area contributed by atoms with Crippen LogP contribution in [0.15, 0.2) is 30.5 Å². The molecule has 1 N–H and O–H groups in total. The van der Waals surface area contributed by atoms with Crippen molar-refractivity contribution in [1.29, 1.82) is 0 Å². The van der Waals surface area contributed by atoms with Gasteiger partial charge in [0.25, 0.3) is 5.91 Å². The van der Waals surface area contributed by atoms with E-state index < -0.39 is 0 Å². The predicted octanol–water partition coefficient (Wildman–Crippen LogP) is 3.20. The van der Waals surface area contributed by atoms with Crippen LogP contribution < -0.4 is 5.32 Å². The third kappa shape index (κ3) is 3.73. The second-order valence-electron chi connectivity index (χ2n) is 8.31. The van der Waals surface area contributed by atoms with Gasteiger partial charge < -0.3 is 14.6 Å². The van der Waals surface area contributed by atoms with Crippen LogP contribution in [0.4, 0.5) is 0 Å². The van der Waals surface area contributed by atoms with Gasteiger partial charge in [-0.25, -0.2) is 0 Å². The predicted molar refractivity (Wildman–Crippen MR) is 104 cm³/mol. The Hall–Kier alpha value is -2.30. The second-order valence-corrected chi connectivity index (χ2v) is 8.31. The minimum absolute atomic E-state index is 0.157. The zero-order valence-electron chi connectivity index (χ0n) is 16.1. The van der Waals surface area contributed by atoms with Gasteiger partial charge >= 0.3 is 5.97 Å². The highest BCUT2D eigenvalue weighted by molar-refractivity contribution is 5.88. The number of rotatable bonds is 6. The Morgan fingerprint density at radius 3 is 2.81 bits per heavy atom. The maximum Gasteiger partial charge on any atom is 0.310 e. The number of hydrogen-bond acceptors (Lipinski definition) is 3. The molecule has 0 saturated heterocycles. The molecule has 2 bridgehead atoms. The van der Waals surface area contributed by atoms with Crippen molar-refractivity contribution in [2.24, 2.45) is 24.8 Å². The highest BCUT2D eigenvalue weighted by Gasteiger charge is 2.42. The van der Waals surface area contributed by atoms with Gasteiger partial charge in [0.1, 0.15) is 0 Å². The van der Waals surface area contributed by atoms with Gasteiger partial charge in [-0.15, -0.1) is 0 Å². The second kappa shape index (κ2) is 7.37. The van der Waals surface area contributed by atoms with Crippen LogP contribution in [-0.2, 0) is 27.8 Å². The first kappa shape index (κ1) is 18.1. The zero-order chi connectivity index (χ0) is 19.0. The summed E-state index contributed by atoms with van der Waals surface area (Å²) in [7, 11) is 1.96. The molecule has 27 heavy (non-hydrogen) atoms. The van der Waals surface area contributed by atoms with Crippen molar-refractivity contribution in [1.82, 2.24) is 9.88 Å².